The quantitative estimate of drug-likeness (QED) is 0.283. The molecule has 0 aliphatic carbocycles. The summed E-state index contributed by atoms with van der Waals surface area (Å²) in [7, 11) is 5.14. The van der Waals surface area contributed by atoms with E-state index in [9.17, 15) is 4.79 Å². The summed E-state index contributed by atoms with van der Waals surface area (Å²) in [5.41, 5.74) is 1.08. The number of nitrogens with zero attached hydrogens (tertiary/aromatic N) is 3. The van der Waals surface area contributed by atoms with Crippen molar-refractivity contribution in [2.45, 2.75) is 46.3 Å². The van der Waals surface area contributed by atoms with Crippen LogP contribution in [0.5, 0.6) is 5.75 Å². The Balaban J connectivity index is 0.00000784. The maximum atomic E-state index is 11.9. The van der Waals surface area contributed by atoms with Crippen LogP contribution in [-0.4, -0.2) is 74.6 Å². The molecule has 1 amide bonds. The molecule has 0 saturated heterocycles. The monoisotopic (exact) mass is 519 g/mol. The van der Waals surface area contributed by atoms with Crippen molar-refractivity contribution in [1.82, 2.24) is 20.4 Å². The molecule has 0 heterocycles. The SMILES string of the molecule is COc1ccc(CN=C(NCCN(C(C)C)C(C)C)NCC(=O)N(C)C)cc1.I. The van der Waals surface area contributed by atoms with Gasteiger partial charge in [-0.1, -0.05) is 12.1 Å². The van der Waals surface area contributed by atoms with Gasteiger partial charge in [0, 0.05) is 39.3 Å². The van der Waals surface area contributed by atoms with Crippen LogP contribution in [0.1, 0.15) is 33.3 Å². The number of amides is 1. The van der Waals surface area contributed by atoms with Crippen LogP contribution in [0.2, 0.25) is 0 Å². The molecule has 0 radical (unpaired) electrons. The number of carbonyl (C=O) groups excluding carboxylic acids is 1. The molecule has 1 aromatic rings. The van der Waals surface area contributed by atoms with E-state index in [-0.39, 0.29) is 36.4 Å². The molecule has 2 N–H and O–H groups in total. The van der Waals surface area contributed by atoms with Gasteiger partial charge in [0.25, 0.3) is 0 Å². The van der Waals surface area contributed by atoms with Crippen molar-refractivity contribution in [3.05, 3.63) is 29.8 Å². The van der Waals surface area contributed by atoms with Gasteiger partial charge in [0.1, 0.15) is 5.75 Å². The van der Waals surface area contributed by atoms with E-state index < -0.39 is 0 Å². The number of aliphatic imine (C=N–C) groups is 1. The average molecular weight is 519 g/mol. The molecular formula is C21H38IN5O2. The lowest BCUT2D eigenvalue weighted by atomic mass is 10.2. The Labute approximate surface area is 193 Å². The molecule has 29 heavy (non-hydrogen) atoms. The number of guanidine groups is 1. The Morgan fingerprint density at radius 3 is 2.14 bits per heavy atom. The van der Waals surface area contributed by atoms with Crippen LogP contribution in [0.25, 0.3) is 0 Å². The Hall–Kier alpha value is -1.55. The van der Waals surface area contributed by atoms with Crippen LogP contribution in [0.4, 0.5) is 0 Å². The highest BCUT2D eigenvalue weighted by molar-refractivity contribution is 14.0. The number of methoxy groups -OCH3 is 1. The molecule has 0 aromatic heterocycles. The Morgan fingerprint density at radius 2 is 1.66 bits per heavy atom. The van der Waals surface area contributed by atoms with Gasteiger partial charge in [-0.15, -0.1) is 24.0 Å². The number of hydrogen-bond donors (Lipinski definition) is 2. The Morgan fingerprint density at radius 1 is 1.07 bits per heavy atom. The summed E-state index contributed by atoms with van der Waals surface area (Å²) < 4.78 is 5.19. The lowest BCUT2D eigenvalue weighted by molar-refractivity contribution is -0.127. The third kappa shape index (κ3) is 10.7. The van der Waals surface area contributed by atoms with Gasteiger partial charge in [0.15, 0.2) is 5.96 Å². The normalized spacial score (nSPS) is 11.4. The second-order valence-corrected chi connectivity index (χ2v) is 7.51. The highest BCUT2D eigenvalue weighted by Gasteiger charge is 2.13. The van der Waals surface area contributed by atoms with Crippen LogP contribution < -0.4 is 15.4 Å². The summed E-state index contributed by atoms with van der Waals surface area (Å²) in [6.45, 7) is 11.2. The number of rotatable bonds is 10. The number of halogens is 1. The predicted octanol–water partition coefficient (Wildman–Crippen LogP) is 2.56. The number of ether oxygens (including phenoxy) is 1. The number of nitrogens with one attached hydrogen (secondary N) is 2. The fourth-order valence-corrected chi connectivity index (χ4v) is 2.81. The third-order valence-corrected chi connectivity index (χ3v) is 4.47. The maximum absolute atomic E-state index is 11.9. The number of hydrogen-bond acceptors (Lipinski definition) is 4. The Kier molecular flexibility index (Phi) is 13.7. The molecule has 7 nitrogen and oxygen atoms in total. The van der Waals surface area contributed by atoms with Gasteiger partial charge in [-0.2, -0.15) is 0 Å². The summed E-state index contributed by atoms with van der Waals surface area (Å²) in [5, 5.41) is 6.48. The first-order valence-electron chi connectivity index (χ1n) is 9.85. The number of carbonyl (C=O) groups is 1. The predicted molar refractivity (Wildman–Crippen MR) is 131 cm³/mol. The minimum Gasteiger partial charge on any atom is -0.497 e. The van der Waals surface area contributed by atoms with Crippen LogP contribution in [0, 0.1) is 0 Å². The van der Waals surface area contributed by atoms with Crippen LogP contribution in [0.3, 0.4) is 0 Å². The van der Waals surface area contributed by atoms with E-state index in [0.717, 1.165) is 24.4 Å². The molecule has 0 unspecified atom stereocenters. The zero-order chi connectivity index (χ0) is 21.1. The van der Waals surface area contributed by atoms with Crippen molar-refractivity contribution in [1.29, 1.82) is 0 Å². The maximum Gasteiger partial charge on any atom is 0.241 e. The van der Waals surface area contributed by atoms with Gasteiger partial charge in [0.05, 0.1) is 20.2 Å². The zero-order valence-electron chi connectivity index (χ0n) is 18.9. The number of likely N-dealkylation sites (N-methyl/N-ethyl adjacent to an activating group) is 1. The first-order valence-corrected chi connectivity index (χ1v) is 9.85. The van der Waals surface area contributed by atoms with E-state index in [1.165, 1.54) is 0 Å². The molecule has 0 saturated carbocycles. The molecule has 0 aliphatic rings. The van der Waals surface area contributed by atoms with Crippen molar-refractivity contribution in [2.24, 2.45) is 4.99 Å². The van der Waals surface area contributed by atoms with Crippen LogP contribution in [0.15, 0.2) is 29.3 Å². The van der Waals surface area contributed by atoms with E-state index in [2.05, 4.69) is 48.2 Å². The summed E-state index contributed by atoms with van der Waals surface area (Å²) in [5.74, 6) is 1.46. The lowest BCUT2D eigenvalue weighted by Crippen LogP contribution is -2.47. The lowest BCUT2D eigenvalue weighted by Gasteiger charge is -2.30. The van der Waals surface area contributed by atoms with Gasteiger partial charge >= 0.3 is 0 Å². The summed E-state index contributed by atoms with van der Waals surface area (Å²) in [6, 6.07) is 8.78. The van der Waals surface area contributed by atoms with Crippen molar-refractivity contribution in [2.75, 3.05) is 40.8 Å². The second kappa shape index (κ2) is 14.4. The van der Waals surface area contributed by atoms with Gasteiger partial charge in [-0.05, 0) is 45.4 Å². The molecule has 0 aliphatic heterocycles. The Bertz CT molecular complexity index is 610. The molecule has 1 rings (SSSR count). The van der Waals surface area contributed by atoms with Gasteiger partial charge < -0.3 is 20.3 Å². The molecule has 166 valence electrons. The molecular weight excluding hydrogens is 481 g/mol. The third-order valence-electron chi connectivity index (χ3n) is 4.47. The van der Waals surface area contributed by atoms with Crippen molar-refractivity contribution < 1.29 is 9.53 Å². The van der Waals surface area contributed by atoms with Crippen molar-refractivity contribution in [3.63, 3.8) is 0 Å². The average Bonchev–Trinajstić information content (AvgIpc) is 2.65. The van der Waals surface area contributed by atoms with E-state index in [1.54, 1.807) is 26.1 Å². The second-order valence-electron chi connectivity index (χ2n) is 7.51. The molecule has 0 atom stereocenters. The molecule has 8 heteroatoms. The van der Waals surface area contributed by atoms with Gasteiger partial charge in [-0.3, -0.25) is 9.69 Å². The highest BCUT2D eigenvalue weighted by Crippen LogP contribution is 2.11. The van der Waals surface area contributed by atoms with Crippen molar-refractivity contribution in [3.8, 4) is 5.75 Å². The highest BCUT2D eigenvalue weighted by atomic mass is 127. The molecule has 0 spiro atoms. The fourth-order valence-electron chi connectivity index (χ4n) is 2.81. The fraction of sp³-hybridized carbons (Fsp3) is 0.619. The molecule has 0 bridgehead atoms. The van der Waals surface area contributed by atoms with E-state index >= 15 is 0 Å². The molecule has 0 fully saturated rings. The standard InChI is InChI=1S/C21H37N5O2.HI/c1-16(2)26(17(3)4)13-12-22-21(24-15-20(27)25(5)6)23-14-18-8-10-19(28-7)11-9-18;/h8-11,16-17H,12-15H2,1-7H3,(H2,22,23,24);1H. The minimum absolute atomic E-state index is 0. The van der Waals surface area contributed by atoms with Crippen LogP contribution >= 0.6 is 24.0 Å². The first-order chi connectivity index (χ1) is 13.2. The summed E-state index contributed by atoms with van der Waals surface area (Å²) >= 11 is 0. The smallest absolute Gasteiger partial charge is 0.241 e. The summed E-state index contributed by atoms with van der Waals surface area (Å²) in [6.07, 6.45) is 0. The largest absolute Gasteiger partial charge is 0.497 e. The van der Waals surface area contributed by atoms with E-state index in [4.69, 9.17) is 4.74 Å². The molecule has 1 aromatic carbocycles. The minimum atomic E-state index is 0. The zero-order valence-corrected chi connectivity index (χ0v) is 21.2. The van der Waals surface area contributed by atoms with Crippen LogP contribution in [-0.2, 0) is 11.3 Å². The summed E-state index contributed by atoms with van der Waals surface area (Å²) in [4.78, 5) is 20.5. The van der Waals surface area contributed by atoms with Gasteiger partial charge in [-0.25, -0.2) is 4.99 Å². The van der Waals surface area contributed by atoms with E-state index in [0.29, 0.717) is 24.6 Å². The van der Waals surface area contributed by atoms with Crippen molar-refractivity contribution >= 4 is 35.8 Å². The van der Waals surface area contributed by atoms with Gasteiger partial charge in [0.2, 0.25) is 5.91 Å². The van der Waals surface area contributed by atoms with E-state index in [1.807, 2.05) is 24.3 Å². The first kappa shape index (κ1) is 27.5. The topological polar surface area (TPSA) is 69.2 Å². The number of benzene rings is 1.